The van der Waals surface area contributed by atoms with Crippen molar-refractivity contribution in [2.24, 2.45) is 0 Å². The molecule has 4 aromatic rings. The molecule has 1 amide bonds. The number of rotatable bonds is 4. The molecular weight excluding hydrogens is 443 g/mol. The first-order valence-corrected chi connectivity index (χ1v) is 9.95. The highest BCUT2D eigenvalue weighted by Gasteiger charge is 2.27. The Hall–Kier alpha value is -3.22. The maximum atomic E-state index is 14.6. The number of anilines is 1. The molecule has 0 radical (unpaired) electrons. The third-order valence-corrected chi connectivity index (χ3v) is 5.34. The number of hydrogen-bond acceptors (Lipinski definition) is 2. The lowest BCUT2D eigenvalue weighted by atomic mass is 10.1. The molecule has 0 saturated heterocycles. The van der Waals surface area contributed by atoms with Crippen LogP contribution in [0.5, 0.6) is 0 Å². The van der Waals surface area contributed by atoms with Gasteiger partial charge in [-0.3, -0.25) is 4.79 Å². The van der Waals surface area contributed by atoms with Crippen molar-refractivity contribution >= 4 is 34.8 Å². The molecule has 8 heteroatoms. The number of amides is 1. The Morgan fingerprint density at radius 2 is 1.65 bits per heavy atom. The average Bonchev–Trinajstić information content (AvgIpc) is 3.12. The number of aromatic nitrogens is 2. The van der Waals surface area contributed by atoms with Crippen molar-refractivity contribution in [3.05, 3.63) is 100 Å². The van der Waals surface area contributed by atoms with Gasteiger partial charge >= 0.3 is 0 Å². The summed E-state index contributed by atoms with van der Waals surface area (Å²) < 4.78 is 29.6. The topological polar surface area (TPSA) is 38.1 Å². The molecule has 3 aromatic carbocycles. The number of benzene rings is 3. The van der Waals surface area contributed by atoms with Crippen molar-refractivity contribution in [2.75, 3.05) is 11.9 Å². The molecule has 1 aromatic heterocycles. The summed E-state index contributed by atoms with van der Waals surface area (Å²) in [4.78, 5) is 14.5. The lowest BCUT2D eigenvalue weighted by molar-refractivity contribution is 0.0988. The number of hydrogen-bond donors (Lipinski definition) is 0. The van der Waals surface area contributed by atoms with Crippen LogP contribution in [0.2, 0.25) is 10.0 Å². The average molecular weight is 458 g/mol. The van der Waals surface area contributed by atoms with Gasteiger partial charge in [0.1, 0.15) is 22.3 Å². The largest absolute Gasteiger partial charge is 0.310 e. The van der Waals surface area contributed by atoms with Gasteiger partial charge in [-0.1, -0.05) is 53.5 Å². The van der Waals surface area contributed by atoms with Crippen molar-refractivity contribution in [3.63, 3.8) is 0 Å². The van der Waals surface area contributed by atoms with E-state index in [0.29, 0.717) is 16.3 Å². The molecule has 0 saturated carbocycles. The highest BCUT2D eigenvalue weighted by Crippen LogP contribution is 2.35. The van der Waals surface area contributed by atoms with Crippen LogP contribution in [0.1, 0.15) is 10.5 Å². The zero-order chi connectivity index (χ0) is 22.1. The van der Waals surface area contributed by atoms with Crippen molar-refractivity contribution in [2.45, 2.75) is 0 Å². The smallest absolute Gasteiger partial charge is 0.280 e. The van der Waals surface area contributed by atoms with Crippen LogP contribution in [0.4, 0.5) is 14.5 Å². The summed E-state index contributed by atoms with van der Waals surface area (Å²) in [5.74, 6) is -1.86. The van der Waals surface area contributed by atoms with E-state index in [1.165, 1.54) is 4.90 Å². The maximum Gasteiger partial charge on any atom is 0.280 e. The molecule has 4 nitrogen and oxygen atoms in total. The Labute approximate surface area is 187 Å². The van der Waals surface area contributed by atoms with E-state index in [0.717, 1.165) is 22.9 Å². The fourth-order valence-corrected chi connectivity index (χ4v) is 3.58. The molecule has 1 heterocycles. The number of nitrogens with zero attached hydrogens (tertiary/aromatic N) is 3. The molecule has 156 valence electrons. The predicted molar refractivity (Wildman–Crippen MR) is 118 cm³/mol. The summed E-state index contributed by atoms with van der Waals surface area (Å²) in [5.41, 5.74) is 1.19. The second-order valence-electron chi connectivity index (χ2n) is 6.73. The van der Waals surface area contributed by atoms with Gasteiger partial charge in [-0.15, -0.1) is 0 Å². The van der Waals surface area contributed by atoms with Gasteiger partial charge in [0.2, 0.25) is 0 Å². The molecule has 4 rings (SSSR count). The SMILES string of the molecule is CN(C(=O)c1nn(-c2cc(F)ccc2F)c(-c2ccccc2)c1Cl)c1ccc(Cl)cc1. The van der Waals surface area contributed by atoms with E-state index in [1.807, 2.05) is 0 Å². The van der Waals surface area contributed by atoms with Gasteiger partial charge in [-0.05, 0) is 36.4 Å². The molecule has 31 heavy (non-hydrogen) atoms. The van der Waals surface area contributed by atoms with Crippen LogP contribution in [-0.4, -0.2) is 22.7 Å². The first-order valence-electron chi connectivity index (χ1n) is 9.20. The minimum Gasteiger partial charge on any atom is -0.310 e. The second-order valence-corrected chi connectivity index (χ2v) is 7.54. The maximum absolute atomic E-state index is 14.6. The Bertz CT molecular complexity index is 1260. The zero-order valence-electron chi connectivity index (χ0n) is 16.2. The van der Waals surface area contributed by atoms with Crippen LogP contribution in [0.25, 0.3) is 16.9 Å². The second kappa shape index (κ2) is 8.49. The summed E-state index contributed by atoms with van der Waals surface area (Å²) in [7, 11) is 1.56. The molecule has 0 aliphatic rings. The fraction of sp³-hybridized carbons (Fsp3) is 0.0435. The van der Waals surface area contributed by atoms with Crippen molar-refractivity contribution in [1.29, 1.82) is 0 Å². The first-order chi connectivity index (χ1) is 14.9. The summed E-state index contributed by atoms with van der Waals surface area (Å²) in [5, 5.41) is 4.84. The third kappa shape index (κ3) is 4.04. The zero-order valence-corrected chi connectivity index (χ0v) is 17.7. The van der Waals surface area contributed by atoms with Gasteiger partial charge in [-0.25, -0.2) is 13.5 Å². The van der Waals surface area contributed by atoms with Crippen LogP contribution >= 0.6 is 23.2 Å². The number of carbonyl (C=O) groups excluding carboxylic acids is 1. The predicted octanol–water partition coefficient (Wildman–Crippen LogP) is 6.40. The summed E-state index contributed by atoms with van der Waals surface area (Å²) in [6, 6.07) is 18.5. The standard InChI is InChI=1S/C23H15Cl2F2N3O/c1-29(17-10-7-15(24)8-11-17)23(31)21-20(25)22(14-5-3-2-4-6-14)30(28-21)19-13-16(26)9-12-18(19)27/h2-13H,1H3. The molecule has 0 fully saturated rings. The highest BCUT2D eigenvalue weighted by molar-refractivity contribution is 6.36. The molecule has 0 spiro atoms. The quantitative estimate of drug-likeness (QED) is 0.355. The van der Waals surface area contributed by atoms with E-state index in [9.17, 15) is 13.6 Å². The van der Waals surface area contributed by atoms with E-state index in [1.54, 1.807) is 61.6 Å². The monoisotopic (exact) mass is 457 g/mol. The Balaban J connectivity index is 1.88. The van der Waals surface area contributed by atoms with Crippen molar-refractivity contribution in [1.82, 2.24) is 9.78 Å². The van der Waals surface area contributed by atoms with E-state index in [2.05, 4.69) is 5.10 Å². The fourth-order valence-electron chi connectivity index (χ4n) is 3.14. The number of carbonyl (C=O) groups is 1. The van der Waals surface area contributed by atoms with Gasteiger partial charge in [0.05, 0.1) is 5.69 Å². The summed E-state index contributed by atoms with van der Waals surface area (Å²) in [6.07, 6.45) is 0. The Kier molecular flexibility index (Phi) is 5.76. The first kappa shape index (κ1) is 21.0. The van der Waals surface area contributed by atoms with Crippen LogP contribution in [0.15, 0.2) is 72.8 Å². The Morgan fingerprint density at radius 3 is 2.32 bits per heavy atom. The van der Waals surface area contributed by atoms with Gasteiger partial charge in [0.15, 0.2) is 5.69 Å². The van der Waals surface area contributed by atoms with Gasteiger partial charge in [0.25, 0.3) is 5.91 Å². The van der Waals surface area contributed by atoms with E-state index in [4.69, 9.17) is 23.2 Å². The van der Waals surface area contributed by atoms with E-state index < -0.39 is 17.5 Å². The molecule has 0 aliphatic heterocycles. The van der Waals surface area contributed by atoms with E-state index in [-0.39, 0.29) is 22.1 Å². The van der Waals surface area contributed by atoms with Crippen molar-refractivity contribution < 1.29 is 13.6 Å². The molecule has 0 atom stereocenters. The van der Waals surface area contributed by atoms with Crippen molar-refractivity contribution in [3.8, 4) is 16.9 Å². The van der Waals surface area contributed by atoms with Gasteiger partial charge < -0.3 is 4.90 Å². The number of halogens is 4. The minimum atomic E-state index is -0.706. The normalized spacial score (nSPS) is 10.9. The minimum absolute atomic E-state index is 0.0284. The molecule has 0 N–H and O–H groups in total. The van der Waals surface area contributed by atoms with Gasteiger partial charge in [-0.2, -0.15) is 5.10 Å². The highest BCUT2D eigenvalue weighted by atomic mass is 35.5. The lowest BCUT2D eigenvalue weighted by Crippen LogP contribution is -2.27. The lowest BCUT2D eigenvalue weighted by Gasteiger charge is -2.16. The third-order valence-electron chi connectivity index (χ3n) is 4.73. The van der Waals surface area contributed by atoms with Crippen LogP contribution in [0, 0.1) is 11.6 Å². The van der Waals surface area contributed by atoms with E-state index >= 15 is 0 Å². The molecule has 0 aliphatic carbocycles. The van der Waals surface area contributed by atoms with Crippen LogP contribution in [-0.2, 0) is 0 Å². The summed E-state index contributed by atoms with van der Waals surface area (Å²) >= 11 is 12.5. The van der Waals surface area contributed by atoms with Crippen LogP contribution in [0.3, 0.4) is 0 Å². The Morgan fingerprint density at radius 1 is 0.968 bits per heavy atom. The van der Waals surface area contributed by atoms with Gasteiger partial charge in [0, 0.05) is 29.4 Å². The molecular formula is C23H15Cl2F2N3O. The molecule has 0 bridgehead atoms. The molecule has 0 unspecified atom stereocenters. The summed E-state index contributed by atoms with van der Waals surface area (Å²) in [6.45, 7) is 0. The van der Waals surface area contributed by atoms with Crippen LogP contribution < -0.4 is 4.90 Å².